The number of carbonyl (C=O) groups is 2. The van der Waals surface area contributed by atoms with Gasteiger partial charge in [-0.3, -0.25) is 9.59 Å². The van der Waals surface area contributed by atoms with Gasteiger partial charge in [0.25, 0.3) is 0 Å². The van der Waals surface area contributed by atoms with Gasteiger partial charge in [-0.05, 0) is 83.9 Å². The second kappa shape index (κ2) is 27.0. The predicted molar refractivity (Wildman–Crippen MR) is 280 cm³/mol. The maximum absolute atomic E-state index is 12.1. The van der Waals surface area contributed by atoms with Gasteiger partial charge in [0.05, 0.1) is 78.3 Å². The zero-order valence-electron chi connectivity index (χ0n) is 40.9. The topological polar surface area (TPSA) is 172 Å². The first-order valence-electron chi connectivity index (χ1n) is 24.2. The van der Waals surface area contributed by atoms with Gasteiger partial charge >= 0.3 is 0 Å². The van der Waals surface area contributed by atoms with Crippen molar-refractivity contribution in [2.75, 3.05) is 106 Å². The molecule has 2 atom stereocenters. The number of ether oxygens (including phenoxy) is 5. The highest BCUT2D eigenvalue weighted by Gasteiger charge is 2.29. The lowest BCUT2D eigenvalue weighted by Crippen LogP contribution is -2.34. The number of fused-ring (bicyclic) bond motifs is 2. The van der Waals surface area contributed by atoms with Crippen LogP contribution in [0.5, 0.6) is 0 Å². The number of amides is 2. The third-order valence-corrected chi connectivity index (χ3v) is 13.6. The Hall–Kier alpha value is -5.02. The predicted octanol–water partition coefficient (Wildman–Crippen LogP) is 6.99. The molecule has 6 aromatic rings. The zero-order valence-corrected chi connectivity index (χ0v) is 43.9. The number of carbonyl (C=O) groups excluding carboxylic acids is 2. The van der Waals surface area contributed by atoms with Crippen LogP contribution in [0.25, 0.3) is 22.5 Å². The Labute approximate surface area is 445 Å². The van der Waals surface area contributed by atoms with E-state index in [2.05, 4.69) is 79.4 Å². The average Bonchev–Trinajstić information content (AvgIpc) is 4.06. The molecule has 2 N–H and O–H groups in total. The fraction of sp³-hybridized carbons (Fsp3) is 0.423. The van der Waals surface area contributed by atoms with E-state index in [1.807, 2.05) is 60.9 Å². The Bertz CT molecular complexity index is 2610. The first kappa shape index (κ1) is 54.2. The van der Waals surface area contributed by atoms with Crippen molar-refractivity contribution in [3.63, 3.8) is 0 Å². The molecule has 4 aromatic carbocycles. The fourth-order valence-electron chi connectivity index (χ4n) is 8.99. The van der Waals surface area contributed by atoms with Crippen molar-refractivity contribution in [1.82, 2.24) is 50.4 Å². The molecule has 73 heavy (non-hydrogen) atoms. The molecule has 0 unspecified atom stereocenters. The van der Waals surface area contributed by atoms with Gasteiger partial charge in [-0.2, -0.15) is 0 Å². The normalized spacial score (nSPS) is 15.8. The minimum absolute atomic E-state index is 0.125. The van der Waals surface area contributed by atoms with Crippen LogP contribution in [0.15, 0.2) is 85.2 Å². The molecule has 0 spiro atoms. The van der Waals surface area contributed by atoms with E-state index in [1.54, 1.807) is 9.36 Å². The van der Waals surface area contributed by atoms with E-state index < -0.39 is 0 Å². The molecular formula is C52H60Cl4N10O7. The maximum atomic E-state index is 12.1. The summed E-state index contributed by atoms with van der Waals surface area (Å²) in [5.74, 6) is -0.448. The van der Waals surface area contributed by atoms with Crippen LogP contribution in [0, 0.1) is 0 Å². The van der Waals surface area contributed by atoms with Gasteiger partial charge in [0, 0.05) is 82.3 Å². The summed E-state index contributed by atoms with van der Waals surface area (Å²) in [5.41, 5.74) is 10.4. The summed E-state index contributed by atoms with van der Waals surface area (Å²) in [4.78, 5) is 28.8. The van der Waals surface area contributed by atoms with E-state index in [9.17, 15) is 9.59 Å². The van der Waals surface area contributed by atoms with Crippen LogP contribution in [0.1, 0.15) is 45.2 Å². The van der Waals surface area contributed by atoms with E-state index >= 15 is 0 Å². The minimum Gasteiger partial charge on any atom is -0.377 e. The van der Waals surface area contributed by atoms with Gasteiger partial charge < -0.3 is 44.1 Å². The first-order chi connectivity index (χ1) is 35.5. The Kier molecular flexibility index (Phi) is 20.0. The summed E-state index contributed by atoms with van der Waals surface area (Å²) in [5, 5.41) is 25.5. The number of nitrogens with one attached hydrogen (secondary N) is 2. The second-order valence-electron chi connectivity index (χ2n) is 18.0. The van der Waals surface area contributed by atoms with E-state index in [-0.39, 0.29) is 36.9 Å². The molecular weight excluding hydrogens is 1020 g/mol. The highest BCUT2D eigenvalue weighted by Crippen LogP contribution is 2.41. The lowest BCUT2D eigenvalue weighted by molar-refractivity contribution is -0.131. The van der Waals surface area contributed by atoms with Gasteiger partial charge in [-0.15, -0.1) is 10.2 Å². The Morgan fingerprint density at radius 2 is 0.986 bits per heavy atom. The summed E-state index contributed by atoms with van der Waals surface area (Å²) >= 11 is 26.0. The number of rotatable bonds is 26. The number of nitrogens with zero attached hydrogens (tertiary/aromatic N) is 8. The van der Waals surface area contributed by atoms with Crippen LogP contribution in [-0.2, 0) is 59.5 Å². The summed E-state index contributed by atoms with van der Waals surface area (Å²) in [6.45, 7) is 7.36. The van der Waals surface area contributed by atoms with Crippen LogP contribution in [0.4, 0.5) is 0 Å². The fourth-order valence-corrected chi connectivity index (χ4v) is 10.1. The average molecular weight is 1080 g/mol. The molecule has 2 aliphatic rings. The number of hydrogen-bond acceptors (Lipinski definition) is 13. The molecule has 0 fully saturated rings. The quantitative estimate of drug-likeness (QED) is 0.0534. The highest BCUT2D eigenvalue weighted by molar-refractivity contribution is 6.35. The lowest BCUT2D eigenvalue weighted by atomic mass is 9.84. The smallest absolute Gasteiger partial charge is 0.246 e. The molecule has 2 aliphatic heterocycles. The van der Waals surface area contributed by atoms with Gasteiger partial charge in [0.2, 0.25) is 11.8 Å². The first-order valence-corrected chi connectivity index (χ1v) is 25.7. The molecule has 2 aromatic heterocycles. The van der Waals surface area contributed by atoms with Gasteiger partial charge in [-0.1, -0.05) is 93.2 Å². The largest absolute Gasteiger partial charge is 0.377 e. The van der Waals surface area contributed by atoms with Crippen molar-refractivity contribution in [3.05, 3.63) is 139 Å². The van der Waals surface area contributed by atoms with Gasteiger partial charge in [0.15, 0.2) is 0 Å². The number of halogens is 4. The molecule has 0 aliphatic carbocycles. The number of benzene rings is 4. The second-order valence-corrected chi connectivity index (χ2v) is 19.7. The molecule has 0 radical (unpaired) electrons. The Morgan fingerprint density at radius 3 is 1.42 bits per heavy atom. The summed E-state index contributed by atoms with van der Waals surface area (Å²) in [6.07, 6.45) is 3.82. The molecule has 4 heterocycles. The van der Waals surface area contributed by atoms with Crippen molar-refractivity contribution in [2.45, 2.75) is 38.0 Å². The molecule has 21 heteroatoms. The molecule has 2 amide bonds. The lowest BCUT2D eigenvalue weighted by Gasteiger charge is -2.33. The van der Waals surface area contributed by atoms with E-state index in [1.165, 1.54) is 0 Å². The van der Waals surface area contributed by atoms with Crippen LogP contribution < -0.4 is 10.6 Å². The molecule has 388 valence electrons. The van der Waals surface area contributed by atoms with Gasteiger partial charge in [0.1, 0.15) is 24.6 Å². The van der Waals surface area contributed by atoms with E-state index in [4.69, 9.17) is 70.1 Å². The van der Waals surface area contributed by atoms with Crippen molar-refractivity contribution in [2.24, 2.45) is 0 Å². The Morgan fingerprint density at radius 1 is 0.562 bits per heavy atom. The highest BCUT2D eigenvalue weighted by atomic mass is 35.5. The molecule has 8 rings (SSSR count). The number of aromatic nitrogens is 6. The van der Waals surface area contributed by atoms with Crippen LogP contribution >= 0.6 is 46.4 Å². The van der Waals surface area contributed by atoms with Gasteiger partial charge in [-0.25, -0.2) is 9.36 Å². The summed E-state index contributed by atoms with van der Waals surface area (Å²) in [6, 6.07) is 24.4. The van der Waals surface area contributed by atoms with Crippen LogP contribution in [0.3, 0.4) is 0 Å². The maximum Gasteiger partial charge on any atom is 0.246 e. The minimum atomic E-state index is -0.349. The van der Waals surface area contributed by atoms with E-state index in [0.717, 1.165) is 82.1 Å². The monoisotopic (exact) mass is 1080 g/mol. The van der Waals surface area contributed by atoms with Crippen molar-refractivity contribution < 1.29 is 33.3 Å². The summed E-state index contributed by atoms with van der Waals surface area (Å²) < 4.78 is 31.3. The molecule has 17 nitrogen and oxygen atoms in total. The van der Waals surface area contributed by atoms with Crippen molar-refractivity contribution in [1.29, 1.82) is 0 Å². The SMILES string of the molecule is CN1Cc2c(Cl)cc(Cl)cc2[C@H](c2cccc(-c3cn(CCOCCOCCNC(=O)COCC(=O)NCCOCCOCCn4cc(-c5cccc([C@@H]6CN(C)Cc7c(Cl)cc(Cl)cc76)c5)nn4)nn3)c2)C1. The van der Waals surface area contributed by atoms with Crippen molar-refractivity contribution >= 4 is 58.2 Å². The van der Waals surface area contributed by atoms with Crippen LogP contribution in [0.2, 0.25) is 20.1 Å². The Balaban J connectivity index is 0.608. The van der Waals surface area contributed by atoms with Crippen LogP contribution in [-0.4, -0.2) is 158 Å². The third-order valence-electron chi connectivity index (χ3n) is 12.5. The molecule has 0 bridgehead atoms. The summed E-state index contributed by atoms with van der Waals surface area (Å²) in [7, 11) is 4.19. The third kappa shape index (κ3) is 15.5. The number of hydrogen-bond donors (Lipinski definition) is 2. The van der Waals surface area contributed by atoms with E-state index in [0.29, 0.717) is 99.1 Å². The standard InChI is InChI=1S/C52H60Cl4N10O7/c1-63-27-43(41-23-39(53)25-47(55)45(41)29-63)35-5-3-7-37(21-35)49-31-65(61-59-49)11-15-71-19-17-69-13-9-57-51(67)33-73-34-52(68)58-10-14-70-18-20-72-16-12-66-32-50(60-62-66)38-8-4-6-36(22-38)44-28-64(2)30-46-42(44)24-40(54)26-48(46)56/h3-8,21-26,31-32,43-44H,9-20,27-30,33-34H2,1-2H3,(H,57,67)(H,58,68)/t43-,44-/m0/s1. The zero-order chi connectivity index (χ0) is 51.1. The molecule has 0 saturated carbocycles. The van der Waals surface area contributed by atoms with Crippen molar-refractivity contribution in [3.8, 4) is 22.5 Å². The number of likely N-dealkylation sites (N-methyl/N-ethyl adjacent to an activating group) is 2. The molecule has 0 saturated heterocycles.